The molecule has 1 saturated carbocycles. The third-order valence-electron chi connectivity index (χ3n) is 3.62. The maximum atomic E-state index is 4.26. The van der Waals surface area contributed by atoms with Gasteiger partial charge in [0.25, 0.3) is 0 Å². The average molecular weight is 188 g/mol. The molecule has 0 atom stereocenters. The van der Waals surface area contributed by atoms with Gasteiger partial charge in [0.2, 0.25) is 0 Å². The molecule has 0 amide bonds. The summed E-state index contributed by atoms with van der Waals surface area (Å²) < 4.78 is 0. The fraction of sp³-hybridized carbons (Fsp3) is 0.583. The first-order valence-electron chi connectivity index (χ1n) is 5.44. The Kier molecular flexibility index (Phi) is 1.61. The number of anilines is 1. The van der Waals surface area contributed by atoms with Crippen molar-refractivity contribution < 1.29 is 0 Å². The number of hydrogen-bond acceptors (Lipinski definition) is 2. The van der Waals surface area contributed by atoms with Gasteiger partial charge >= 0.3 is 0 Å². The largest absolute Gasteiger partial charge is 0.370 e. The second-order valence-corrected chi connectivity index (χ2v) is 4.89. The summed E-state index contributed by atoms with van der Waals surface area (Å²) in [7, 11) is 0. The van der Waals surface area contributed by atoms with Gasteiger partial charge < -0.3 is 4.90 Å². The van der Waals surface area contributed by atoms with Gasteiger partial charge in [-0.3, -0.25) is 4.98 Å². The molecule has 1 aromatic rings. The number of hydrogen-bond donors (Lipinski definition) is 0. The molecule has 1 spiro atoms. The van der Waals surface area contributed by atoms with Crippen LogP contribution >= 0.6 is 0 Å². The van der Waals surface area contributed by atoms with E-state index >= 15 is 0 Å². The lowest BCUT2D eigenvalue weighted by atomic mass is 10.1. The van der Waals surface area contributed by atoms with Crippen LogP contribution in [-0.4, -0.2) is 18.1 Å². The molecule has 0 N–H and O–H groups in total. The zero-order valence-corrected chi connectivity index (χ0v) is 8.66. The summed E-state index contributed by atoms with van der Waals surface area (Å²) in [6.07, 6.45) is 8.20. The van der Waals surface area contributed by atoms with Gasteiger partial charge in [0.15, 0.2) is 0 Å². The van der Waals surface area contributed by atoms with Crippen molar-refractivity contribution in [3.8, 4) is 0 Å². The molecule has 0 aromatic carbocycles. The number of aromatic nitrogens is 1. The van der Waals surface area contributed by atoms with Crippen LogP contribution < -0.4 is 4.90 Å². The van der Waals surface area contributed by atoms with E-state index in [2.05, 4.69) is 22.9 Å². The van der Waals surface area contributed by atoms with E-state index < -0.39 is 0 Å². The third-order valence-corrected chi connectivity index (χ3v) is 3.62. The molecular weight excluding hydrogens is 172 g/mol. The van der Waals surface area contributed by atoms with Crippen LogP contribution in [0, 0.1) is 12.3 Å². The zero-order chi connectivity index (χ0) is 9.60. The van der Waals surface area contributed by atoms with Crippen molar-refractivity contribution in [2.24, 2.45) is 5.41 Å². The van der Waals surface area contributed by atoms with Crippen LogP contribution in [0.4, 0.5) is 5.69 Å². The second kappa shape index (κ2) is 2.72. The van der Waals surface area contributed by atoms with Crippen molar-refractivity contribution in [1.82, 2.24) is 4.98 Å². The summed E-state index contributed by atoms with van der Waals surface area (Å²) >= 11 is 0. The summed E-state index contributed by atoms with van der Waals surface area (Å²) in [6, 6.07) is 2.24. The molecule has 0 unspecified atom stereocenters. The van der Waals surface area contributed by atoms with Crippen LogP contribution in [0.1, 0.15) is 24.8 Å². The second-order valence-electron chi connectivity index (χ2n) is 4.89. The summed E-state index contributed by atoms with van der Waals surface area (Å²) in [4.78, 5) is 6.75. The van der Waals surface area contributed by atoms with Crippen molar-refractivity contribution in [3.05, 3.63) is 24.0 Å². The topological polar surface area (TPSA) is 16.1 Å². The van der Waals surface area contributed by atoms with Crippen LogP contribution in [0.5, 0.6) is 0 Å². The van der Waals surface area contributed by atoms with Gasteiger partial charge in [-0.2, -0.15) is 0 Å². The van der Waals surface area contributed by atoms with Crippen molar-refractivity contribution in [2.75, 3.05) is 18.0 Å². The van der Waals surface area contributed by atoms with Gasteiger partial charge in [-0.05, 0) is 43.2 Å². The number of aryl methyl sites for hydroxylation is 1. The average Bonchev–Trinajstić information content (AvgIpc) is 2.76. The predicted molar refractivity (Wildman–Crippen MR) is 57.5 cm³/mol. The quantitative estimate of drug-likeness (QED) is 0.672. The monoisotopic (exact) mass is 188 g/mol. The van der Waals surface area contributed by atoms with E-state index in [1.165, 1.54) is 43.6 Å². The van der Waals surface area contributed by atoms with Crippen LogP contribution in [0.15, 0.2) is 18.5 Å². The molecule has 3 rings (SSSR count). The van der Waals surface area contributed by atoms with Crippen LogP contribution in [0.2, 0.25) is 0 Å². The molecule has 0 bridgehead atoms. The van der Waals surface area contributed by atoms with Gasteiger partial charge in [-0.15, -0.1) is 0 Å². The van der Waals surface area contributed by atoms with Crippen molar-refractivity contribution in [3.63, 3.8) is 0 Å². The number of rotatable bonds is 1. The van der Waals surface area contributed by atoms with E-state index in [-0.39, 0.29) is 0 Å². The Morgan fingerprint density at radius 1 is 1.29 bits per heavy atom. The molecule has 1 aromatic heterocycles. The van der Waals surface area contributed by atoms with E-state index in [0.717, 1.165) is 0 Å². The Hall–Kier alpha value is -1.05. The molecule has 0 radical (unpaired) electrons. The smallest absolute Gasteiger partial charge is 0.0555 e. The van der Waals surface area contributed by atoms with E-state index in [1.54, 1.807) is 0 Å². The standard InChI is InChI=1S/C12H16N2/c1-10-6-11(8-13-7-10)14-5-4-12(9-14)2-3-12/h6-8H,2-5,9H2,1H3. The van der Waals surface area contributed by atoms with E-state index in [0.29, 0.717) is 5.41 Å². The molecule has 1 saturated heterocycles. The highest BCUT2D eigenvalue weighted by molar-refractivity contribution is 5.47. The molecule has 2 aliphatic rings. The summed E-state index contributed by atoms with van der Waals surface area (Å²) in [5.41, 5.74) is 3.29. The highest BCUT2D eigenvalue weighted by atomic mass is 15.2. The molecule has 2 nitrogen and oxygen atoms in total. The van der Waals surface area contributed by atoms with Gasteiger partial charge in [0.1, 0.15) is 0 Å². The normalized spacial score (nSPS) is 23.1. The minimum atomic E-state index is 0.712. The fourth-order valence-electron chi connectivity index (χ4n) is 2.45. The van der Waals surface area contributed by atoms with Crippen molar-refractivity contribution >= 4 is 5.69 Å². The highest BCUT2D eigenvalue weighted by Crippen LogP contribution is 2.53. The molecule has 14 heavy (non-hydrogen) atoms. The molecule has 2 heterocycles. The Morgan fingerprint density at radius 2 is 2.14 bits per heavy atom. The first-order chi connectivity index (χ1) is 6.77. The van der Waals surface area contributed by atoms with Gasteiger partial charge in [0, 0.05) is 19.3 Å². The van der Waals surface area contributed by atoms with Crippen LogP contribution in [-0.2, 0) is 0 Å². The first-order valence-corrected chi connectivity index (χ1v) is 5.44. The van der Waals surface area contributed by atoms with E-state index in [9.17, 15) is 0 Å². The maximum Gasteiger partial charge on any atom is 0.0555 e. The Bertz CT molecular complexity index is 355. The fourth-order valence-corrected chi connectivity index (χ4v) is 2.45. The Balaban J connectivity index is 1.82. The van der Waals surface area contributed by atoms with E-state index in [1.807, 2.05) is 12.4 Å². The van der Waals surface area contributed by atoms with Crippen molar-refractivity contribution in [1.29, 1.82) is 0 Å². The SMILES string of the molecule is Cc1cncc(N2CCC3(CC3)C2)c1. The number of nitrogens with zero attached hydrogens (tertiary/aromatic N) is 2. The Labute approximate surface area is 85.0 Å². The lowest BCUT2D eigenvalue weighted by Crippen LogP contribution is -2.20. The highest BCUT2D eigenvalue weighted by Gasteiger charge is 2.47. The predicted octanol–water partition coefficient (Wildman–Crippen LogP) is 2.38. The van der Waals surface area contributed by atoms with Crippen LogP contribution in [0.3, 0.4) is 0 Å². The molecular formula is C12H16N2. The lowest BCUT2D eigenvalue weighted by Gasteiger charge is -2.18. The third kappa shape index (κ3) is 1.29. The lowest BCUT2D eigenvalue weighted by molar-refractivity contribution is 0.581. The van der Waals surface area contributed by atoms with Crippen molar-refractivity contribution in [2.45, 2.75) is 26.2 Å². The summed E-state index contributed by atoms with van der Waals surface area (Å²) in [5.74, 6) is 0. The van der Waals surface area contributed by atoms with Gasteiger partial charge in [-0.1, -0.05) is 0 Å². The maximum absolute atomic E-state index is 4.26. The Morgan fingerprint density at radius 3 is 2.79 bits per heavy atom. The number of pyridine rings is 1. The molecule has 74 valence electrons. The molecule has 1 aliphatic carbocycles. The minimum absolute atomic E-state index is 0.712. The summed E-state index contributed by atoms with van der Waals surface area (Å²) in [6.45, 7) is 4.60. The molecule has 2 fully saturated rings. The summed E-state index contributed by atoms with van der Waals surface area (Å²) in [5, 5.41) is 0. The van der Waals surface area contributed by atoms with Gasteiger partial charge in [-0.25, -0.2) is 0 Å². The van der Waals surface area contributed by atoms with E-state index in [4.69, 9.17) is 0 Å². The zero-order valence-electron chi connectivity index (χ0n) is 8.66. The van der Waals surface area contributed by atoms with Crippen LogP contribution in [0.25, 0.3) is 0 Å². The minimum Gasteiger partial charge on any atom is -0.370 e. The van der Waals surface area contributed by atoms with Gasteiger partial charge in [0.05, 0.1) is 11.9 Å². The molecule has 2 heteroatoms. The first kappa shape index (κ1) is 8.27. The molecule has 1 aliphatic heterocycles.